The Kier molecular flexibility index (Phi) is 5.90. The fourth-order valence-electron chi connectivity index (χ4n) is 2.01. The van der Waals surface area contributed by atoms with Crippen molar-refractivity contribution in [3.05, 3.63) is 64.7 Å². The van der Waals surface area contributed by atoms with E-state index in [9.17, 15) is 14.3 Å². The first-order valence-corrected chi connectivity index (χ1v) is 7.42. The standard InChI is InChI=1S/C16H17ClFN3O2/c1-10(11-4-6-19-7-5-11)21-16(23)20-9-15(22)12-2-3-13(17)14(18)8-12/h2-8,10,15,22H,9H2,1H3,(H2,20,21,23)/t10-,15+/m0/s1. The predicted molar refractivity (Wildman–Crippen MR) is 85.6 cm³/mol. The number of benzene rings is 1. The zero-order valence-electron chi connectivity index (χ0n) is 12.5. The molecule has 3 N–H and O–H groups in total. The molecule has 0 spiro atoms. The average Bonchev–Trinajstić information content (AvgIpc) is 2.56. The Morgan fingerprint density at radius 1 is 1.30 bits per heavy atom. The number of aliphatic hydroxyl groups is 1. The summed E-state index contributed by atoms with van der Waals surface area (Å²) in [7, 11) is 0. The van der Waals surface area contributed by atoms with Crippen LogP contribution < -0.4 is 10.6 Å². The largest absolute Gasteiger partial charge is 0.387 e. The van der Waals surface area contributed by atoms with Gasteiger partial charge in [0.15, 0.2) is 0 Å². The molecule has 0 aliphatic carbocycles. The highest BCUT2D eigenvalue weighted by Gasteiger charge is 2.13. The van der Waals surface area contributed by atoms with Crippen molar-refractivity contribution in [2.45, 2.75) is 19.1 Å². The molecular formula is C16H17ClFN3O2. The van der Waals surface area contributed by atoms with Crippen LogP contribution in [0, 0.1) is 5.82 Å². The van der Waals surface area contributed by atoms with Crippen molar-refractivity contribution in [1.29, 1.82) is 0 Å². The molecule has 7 heteroatoms. The van der Waals surface area contributed by atoms with Crippen LogP contribution in [-0.4, -0.2) is 22.7 Å². The summed E-state index contributed by atoms with van der Waals surface area (Å²) in [6, 6.07) is 6.99. The number of nitrogens with zero attached hydrogens (tertiary/aromatic N) is 1. The summed E-state index contributed by atoms with van der Waals surface area (Å²) in [6.45, 7) is 1.79. The van der Waals surface area contributed by atoms with E-state index in [4.69, 9.17) is 11.6 Å². The van der Waals surface area contributed by atoms with Crippen LogP contribution in [0.2, 0.25) is 5.02 Å². The Hall–Kier alpha value is -2.18. The number of aromatic nitrogens is 1. The van der Waals surface area contributed by atoms with Crippen molar-refractivity contribution in [3.63, 3.8) is 0 Å². The molecule has 23 heavy (non-hydrogen) atoms. The van der Waals surface area contributed by atoms with Crippen LogP contribution in [0.25, 0.3) is 0 Å². The van der Waals surface area contributed by atoms with E-state index in [1.165, 1.54) is 12.1 Å². The number of nitrogens with one attached hydrogen (secondary N) is 2. The molecule has 0 bridgehead atoms. The maximum Gasteiger partial charge on any atom is 0.315 e. The van der Waals surface area contributed by atoms with Gasteiger partial charge >= 0.3 is 6.03 Å². The van der Waals surface area contributed by atoms with E-state index in [1.54, 1.807) is 24.5 Å². The van der Waals surface area contributed by atoms with Gasteiger partial charge in [-0.05, 0) is 42.3 Å². The number of halogens is 2. The van der Waals surface area contributed by atoms with Crippen LogP contribution in [0.1, 0.15) is 30.2 Å². The van der Waals surface area contributed by atoms with Crippen molar-refractivity contribution < 1.29 is 14.3 Å². The number of aliphatic hydroxyl groups excluding tert-OH is 1. The highest BCUT2D eigenvalue weighted by molar-refractivity contribution is 6.30. The summed E-state index contributed by atoms with van der Waals surface area (Å²) < 4.78 is 13.4. The zero-order valence-corrected chi connectivity index (χ0v) is 13.2. The Morgan fingerprint density at radius 2 is 2.00 bits per heavy atom. The first kappa shape index (κ1) is 17.2. The Labute approximate surface area is 138 Å². The topological polar surface area (TPSA) is 74.2 Å². The number of urea groups is 1. The Bertz CT molecular complexity index is 670. The Balaban J connectivity index is 1.85. The van der Waals surface area contributed by atoms with Gasteiger partial charge in [0, 0.05) is 18.9 Å². The lowest BCUT2D eigenvalue weighted by Crippen LogP contribution is -2.39. The summed E-state index contributed by atoms with van der Waals surface area (Å²) in [5.74, 6) is -0.612. The first-order valence-electron chi connectivity index (χ1n) is 7.04. The molecule has 2 atom stereocenters. The van der Waals surface area contributed by atoms with E-state index in [0.717, 1.165) is 11.6 Å². The van der Waals surface area contributed by atoms with Crippen molar-refractivity contribution >= 4 is 17.6 Å². The van der Waals surface area contributed by atoms with Crippen molar-refractivity contribution in [1.82, 2.24) is 15.6 Å². The normalized spacial score (nSPS) is 13.2. The minimum absolute atomic E-state index is 0.0159. The van der Waals surface area contributed by atoms with E-state index in [0.29, 0.717) is 5.56 Å². The predicted octanol–water partition coefficient (Wildman–Crippen LogP) is 2.97. The molecule has 2 amide bonds. The molecule has 0 saturated carbocycles. The Morgan fingerprint density at radius 3 is 2.65 bits per heavy atom. The van der Waals surface area contributed by atoms with Crippen molar-refractivity contribution in [3.8, 4) is 0 Å². The van der Waals surface area contributed by atoms with Gasteiger partial charge in [0.1, 0.15) is 5.82 Å². The van der Waals surface area contributed by atoms with Crippen LogP contribution in [0.5, 0.6) is 0 Å². The molecule has 1 aromatic carbocycles. The van der Waals surface area contributed by atoms with Crippen LogP contribution in [0.4, 0.5) is 9.18 Å². The lowest BCUT2D eigenvalue weighted by atomic mass is 10.1. The number of carbonyl (C=O) groups excluding carboxylic acids is 1. The summed E-state index contributed by atoms with van der Waals surface area (Å²) in [4.78, 5) is 15.8. The quantitative estimate of drug-likeness (QED) is 0.785. The van der Waals surface area contributed by atoms with Crippen LogP contribution >= 0.6 is 11.6 Å². The van der Waals surface area contributed by atoms with E-state index < -0.39 is 18.0 Å². The smallest absolute Gasteiger partial charge is 0.315 e. The lowest BCUT2D eigenvalue weighted by molar-refractivity contribution is 0.172. The molecule has 2 aromatic rings. The fourth-order valence-corrected chi connectivity index (χ4v) is 2.13. The number of rotatable bonds is 5. The van der Waals surface area contributed by atoms with Gasteiger partial charge in [-0.2, -0.15) is 0 Å². The number of pyridine rings is 1. The number of amides is 2. The van der Waals surface area contributed by atoms with Crippen LogP contribution in [0.15, 0.2) is 42.7 Å². The van der Waals surface area contributed by atoms with Gasteiger partial charge in [-0.3, -0.25) is 4.98 Å². The maximum absolute atomic E-state index is 13.4. The first-order chi connectivity index (χ1) is 11.0. The molecule has 0 unspecified atom stereocenters. The SMILES string of the molecule is C[C@H](NC(=O)NC[C@@H](O)c1ccc(Cl)c(F)c1)c1ccncc1. The minimum atomic E-state index is -1.02. The van der Waals surface area contributed by atoms with Gasteiger partial charge in [0.2, 0.25) is 0 Å². The van der Waals surface area contributed by atoms with Gasteiger partial charge < -0.3 is 15.7 Å². The molecule has 0 fully saturated rings. The molecule has 0 saturated heterocycles. The van der Waals surface area contributed by atoms with E-state index in [1.807, 2.05) is 6.92 Å². The third kappa shape index (κ3) is 4.91. The van der Waals surface area contributed by atoms with E-state index in [-0.39, 0.29) is 17.6 Å². The van der Waals surface area contributed by atoms with Crippen molar-refractivity contribution in [2.24, 2.45) is 0 Å². The summed E-state index contributed by atoms with van der Waals surface area (Å²) >= 11 is 5.59. The molecule has 1 heterocycles. The summed E-state index contributed by atoms with van der Waals surface area (Å²) in [5, 5.41) is 15.2. The minimum Gasteiger partial charge on any atom is -0.387 e. The summed E-state index contributed by atoms with van der Waals surface area (Å²) in [6.07, 6.45) is 2.26. The second-order valence-corrected chi connectivity index (χ2v) is 5.45. The molecule has 0 aliphatic rings. The number of hydrogen-bond donors (Lipinski definition) is 3. The highest BCUT2D eigenvalue weighted by atomic mass is 35.5. The molecule has 0 aliphatic heterocycles. The van der Waals surface area contributed by atoms with Gasteiger partial charge in [-0.1, -0.05) is 17.7 Å². The van der Waals surface area contributed by atoms with E-state index >= 15 is 0 Å². The molecule has 0 radical (unpaired) electrons. The lowest BCUT2D eigenvalue weighted by Gasteiger charge is -2.17. The number of carbonyl (C=O) groups is 1. The second-order valence-electron chi connectivity index (χ2n) is 5.05. The van der Waals surface area contributed by atoms with Gasteiger partial charge in [0.25, 0.3) is 0 Å². The monoisotopic (exact) mass is 337 g/mol. The molecule has 5 nitrogen and oxygen atoms in total. The third-order valence-corrected chi connectivity index (χ3v) is 3.64. The summed E-state index contributed by atoms with van der Waals surface area (Å²) in [5.41, 5.74) is 1.25. The molecule has 2 rings (SSSR count). The third-order valence-electron chi connectivity index (χ3n) is 3.34. The molecule has 122 valence electrons. The van der Waals surface area contributed by atoms with Crippen LogP contribution in [0.3, 0.4) is 0 Å². The van der Waals surface area contributed by atoms with Gasteiger partial charge in [-0.25, -0.2) is 9.18 Å². The molecule has 1 aromatic heterocycles. The fraction of sp³-hybridized carbons (Fsp3) is 0.250. The van der Waals surface area contributed by atoms with Crippen molar-refractivity contribution in [2.75, 3.05) is 6.54 Å². The number of hydrogen-bond acceptors (Lipinski definition) is 3. The van der Waals surface area contributed by atoms with Crippen LogP contribution in [-0.2, 0) is 0 Å². The van der Waals surface area contributed by atoms with Gasteiger partial charge in [-0.15, -0.1) is 0 Å². The second kappa shape index (κ2) is 7.89. The van der Waals surface area contributed by atoms with Gasteiger partial charge in [0.05, 0.1) is 17.2 Å². The zero-order chi connectivity index (χ0) is 16.8. The average molecular weight is 338 g/mol. The molecular weight excluding hydrogens is 321 g/mol. The maximum atomic E-state index is 13.4. The highest BCUT2D eigenvalue weighted by Crippen LogP contribution is 2.19. The van der Waals surface area contributed by atoms with E-state index in [2.05, 4.69) is 15.6 Å².